The fraction of sp³-hybridized carbons (Fsp3) is 0.250. The maximum atomic E-state index is 5.06. The van der Waals surface area contributed by atoms with Gasteiger partial charge in [-0.1, -0.05) is 11.8 Å². The second-order valence-electron chi connectivity index (χ2n) is 2.42. The molecule has 68 valence electrons. The summed E-state index contributed by atoms with van der Waals surface area (Å²) in [6, 6.07) is 3.66. The second kappa shape index (κ2) is 4.13. The molecule has 0 aromatic carbocycles. The summed E-state index contributed by atoms with van der Waals surface area (Å²) in [6.07, 6.45) is 3.24. The average Bonchev–Trinajstić information content (AvgIpc) is 2.75. The van der Waals surface area contributed by atoms with Gasteiger partial charge in [0, 0.05) is 5.75 Å². The van der Waals surface area contributed by atoms with E-state index in [1.54, 1.807) is 24.2 Å². The SMILES string of the molecule is C(=N\NC1=NCCS1)/c1ccco1. The molecule has 13 heavy (non-hydrogen) atoms. The van der Waals surface area contributed by atoms with E-state index in [9.17, 15) is 0 Å². The van der Waals surface area contributed by atoms with Gasteiger partial charge in [0.05, 0.1) is 19.0 Å². The van der Waals surface area contributed by atoms with Crippen LogP contribution in [0.15, 0.2) is 32.9 Å². The highest BCUT2D eigenvalue weighted by atomic mass is 32.2. The van der Waals surface area contributed by atoms with Crippen molar-refractivity contribution >= 4 is 23.1 Å². The first-order valence-corrected chi connectivity index (χ1v) is 4.93. The summed E-state index contributed by atoms with van der Waals surface area (Å²) >= 11 is 1.67. The third kappa shape index (κ3) is 2.35. The molecule has 0 amide bonds. The number of nitrogens with one attached hydrogen (secondary N) is 1. The van der Waals surface area contributed by atoms with Crippen LogP contribution in [-0.4, -0.2) is 23.7 Å². The van der Waals surface area contributed by atoms with Crippen molar-refractivity contribution < 1.29 is 4.42 Å². The molecular weight excluding hydrogens is 186 g/mol. The third-order valence-corrected chi connectivity index (χ3v) is 2.36. The molecule has 1 aliphatic rings. The van der Waals surface area contributed by atoms with Crippen LogP contribution in [0, 0.1) is 0 Å². The van der Waals surface area contributed by atoms with Crippen LogP contribution in [0.3, 0.4) is 0 Å². The molecule has 0 saturated carbocycles. The number of nitrogens with zero attached hydrogens (tertiary/aromatic N) is 2. The van der Waals surface area contributed by atoms with Crippen molar-refractivity contribution in [3.8, 4) is 0 Å². The molecule has 2 heterocycles. The summed E-state index contributed by atoms with van der Waals surface area (Å²) < 4.78 is 5.06. The number of rotatable bonds is 2. The Balaban J connectivity index is 1.85. The smallest absolute Gasteiger partial charge is 0.177 e. The standard InChI is InChI=1S/C8H9N3OS/c1-2-7(12-4-1)6-10-11-8-9-3-5-13-8/h1-2,4,6H,3,5H2,(H,9,11)/b10-6+. The van der Waals surface area contributed by atoms with Crippen LogP contribution >= 0.6 is 11.8 Å². The predicted octanol–water partition coefficient (Wildman–Crippen LogP) is 1.31. The largest absolute Gasteiger partial charge is 0.463 e. The van der Waals surface area contributed by atoms with Gasteiger partial charge < -0.3 is 4.42 Å². The van der Waals surface area contributed by atoms with Gasteiger partial charge in [-0.15, -0.1) is 0 Å². The summed E-state index contributed by atoms with van der Waals surface area (Å²) in [5.41, 5.74) is 2.84. The minimum absolute atomic E-state index is 0.732. The fourth-order valence-electron chi connectivity index (χ4n) is 0.919. The highest BCUT2D eigenvalue weighted by Crippen LogP contribution is 2.08. The second-order valence-corrected chi connectivity index (χ2v) is 3.50. The van der Waals surface area contributed by atoms with Crippen molar-refractivity contribution in [2.45, 2.75) is 0 Å². The Kier molecular flexibility index (Phi) is 2.66. The van der Waals surface area contributed by atoms with E-state index in [0.717, 1.165) is 23.2 Å². The Morgan fingerprint density at radius 1 is 1.69 bits per heavy atom. The maximum absolute atomic E-state index is 5.06. The van der Waals surface area contributed by atoms with Crippen LogP contribution in [-0.2, 0) is 0 Å². The van der Waals surface area contributed by atoms with Crippen molar-refractivity contribution in [3.05, 3.63) is 24.2 Å². The van der Waals surface area contributed by atoms with E-state index in [4.69, 9.17) is 4.42 Å². The van der Waals surface area contributed by atoms with Crippen molar-refractivity contribution in [2.75, 3.05) is 12.3 Å². The van der Waals surface area contributed by atoms with E-state index in [2.05, 4.69) is 15.5 Å². The molecule has 1 aromatic heterocycles. The van der Waals surface area contributed by atoms with Gasteiger partial charge >= 0.3 is 0 Å². The van der Waals surface area contributed by atoms with Crippen LogP contribution in [0.1, 0.15) is 5.76 Å². The lowest BCUT2D eigenvalue weighted by Gasteiger charge is -1.94. The van der Waals surface area contributed by atoms with Gasteiger partial charge in [-0.2, -0.15) is 5.10 Å². The number of aliphatic imine (C=N–C) groups is 1. The van der Waals surface area contributed by atoms with E-state index in [1.807, 2.05) is 12.1 Å². The van der Waals surface area contributed by atoms with Gasteiger partial charge in [-0.3, -0.25) is 10.4 Å². The van der Waals surface area contributed by atoms with Crippen molar-refractivity contribution in [1.29, 1.82) is 0 Å². The van der Waals surface area contributed by atoms with Gasteiger partial charge in [-0.05, 0) is 12.1 Å². The first-order chi connectivity index (χ1) is 6.45. The maximum Gasteiger partial charge on any atom is 0.177 e. The van der Waals surface area contributed by atoms with Crippen molar-refractivity contribution in [3.63, 3.8) is 0 Å². The quantitative estimate of drug-likeness (QED) is 0.571. The van der Waals surface area contributed by atoms with E-state index in [0.29, 0.717) is 0 Å². The van der Waals surface area contributed by atoms with Gasteiger partial charge in [-0.25, -0.2) is 0 Å². The third-order valence-electron chi connectivity index (χ3n) is 1.48. The Morgan fingerprint density at radius 3 is 3.38 bits per heavy atom. The number of hydrogen-bond acceptors (Lipinski definition) is 5. The highest BCUT2D eigenvalue weighted by molar-refractivity contribution is 8.14. The minimum Gasteiger partial charge on any atom is -0.463 e. The molecule has 0 aliphatic carbocycles. The highest BCUT2D eigenvalue weighted by Gasteiger charge is 2.03. The summed E-state index contributed by atoms with van der Waals surface area (Å²) in [4.78, 5) is 4.18. The van der Waals surface area contributed by atoms with E-state index in [-0.39, 0.29) is 0 Å². The van der Waals surface area contributed by atoms with Gasteiger partial charge in [0.25, 0.3) is 0 Å². The number of thioether (sulfide) groups is 1. The molecule has 0 radical (unpaired) electrons. The van der Waals surface area contributed by atoms with Crippen LogP contribution in [0.2, 0.25) is 0 Å². The van der Waals surface area contributed by atoms with E-state index >= 15 is 0 Å². The number of furan rings is 1. The van der Waals surface area contributed by atoms with Crippen molar-refractivity contribution in [2.24, 2.45) is 10.1 Å². The molecule has 0 bridgehead atoms. The van der Waals surface area contributed by atoms with Gasteiger partial charge in [0.1, 0.15) is 5.76 Å². The summed E-state index contributed by atoms with van der Waals surface area (Å²) in [5.74, 6) is 1.77. The zero-order valence-electron chi connectivity index (χ0n) is 6.93. The zero-order valence-corrected chi connectivity index (χ0v) is 7.75. The first-order valence-electron chi connectivity index (χ1n) is 3.95. The van der Waals surface area contributed by atoms with Crippen molar-refractivity contribution in [1.82, 2.24) is 5.43 Å². The van der Waals surface area contributed by atoms with Crippen LogP contribution in [0.5, 0.6) is 0 Å². The topological polar surface area (TPSA) is 49.9 Å². The molecule has 1 aliphatic heterocycles. The molecule has 0 spiro atoms. The lowest BCUT2D eigenvalue weighted by Crippen LogP contribution is -2.11. The molecule has 4 nitrogen and oxygen atoms in total. The zero-order chi connectivity index (χ0) is 8.93. The molecule has 0 unspecified atom stereocenters. The molecule has 5 heteroatoms. The molecule has 1 aromatic rings. The normalized spacial score (nSPS) is 16.5. The summed E-state index contributed by atoms with van der Waals surface area (Å²) in [6.45, 7) is 0.878. The van der Waals surface area contributed by atoms with Crippen LogP contribution in [0.25, 0.3) is 0 Å². The van der Waals surface area contributed by atoms with E-state index < -0.39 is 0 Å². The van der Waals surface area contributed by atoms with Crippen LogP contribution < -0.4 is 5.43 Å². The summed E-state index contributed by atoms with van der Waals surface area (Å²) in [7, 11) is 0. The molecule has 0 fully saturated rings. The van der Waals surface area contributed by atoms with Gasteiger partial charge in [0.2, 0.25) is 0 Å². The number of hydrogen-bond donors (Lipinski definition) is 1. The molecule has 2 rings (SSSR count). The predicted molar refractivity (Wildman–Crippen MR) is 54.2 cm³/mol. The lowest BCUT2D eigenvalue weighted by atomic mass is 10.5. The van der Waals surface area contributed by atoms with Gasteiger partial charge in [0.15, 0.2) is 5.17 Å². The Labute approximate surface area is 80.1 Å². The first kappa shape index (κ1) is 8.37. The number of hydrazone groups is 1. The van der Waals surface area contributed by atoms with Crippen LogP contribution in [0.4, 0.5) is 0 Å². The molecule has 1 N–H and O–H groups in total. The Hall–Kier alpha value is -1.23. The summed E-state index contributed by atoms with van der Waals surface area (Å²) in [5, 5.41) is 4.85. The average molecular weight is 195 g/mol. The Morgan fingerprint density at radius 2 is 2.69 bits per heavy atom. The number of amidine groups is 1. The molecule has 0 saturated heterocycles. The van der Waals surface area contributed by atoms with E-state index in [1.165, 1.54) is 0 Å². The Bertz CT molecular complexity index is 318. The monoisotopic (exact) mass is 195 g/mol. The lowest BCUT2D eigenvalue weighted by molar-refractivity contribution is 0.560. The fourth-order valence-corrected chi connectivity index (χ4v) is 1.59. The molecule has 0 atom stereocenters. The molecular formula is C8H9N3OS. The minimum atomic E-state index is 0.732.